The van der Waals surface area contributed by atoms with Gasteiger partial charge in [0.15, 0.2) is 0 Å². The third-order valence-electron chi connectivity index (χ3n) is 4.96. The molecule has 2 heterocycles. The number of piperidine rings is 1. The molecule has 1 aliphatic rings. The van der Waals surface area contributed by atoms with Crippen LogP contribution in [0.5, 0.6) is 11.5 Å². The smallest absolute Gasteiger partial charge is 0.451 e. The number of aromatic nitrogens is 3. The minimum Gasteiger partial charge on any atom is -0.497 e. The highest BCUT2D eigenvalue weighted by atomic mass is 19.4. The fourth-order valence-electron chi connectivity index (χ4n) is 3.34. The number of likely N-dealkylation sites (tertiary alicyclic amines) is 1. The molecule has 2 aromatic rings. The maximum atomic E-state index is 13.0. The van der Waals surface area contributed by atoms with Gasteiger partial charge >= 0.3 is 17.9 Å². The predicted molar refractivity (Wildman–Crippen MR) is 101 cm³/mol. The van der Waals surface area contributed by atoms with E-state index in [2.05, 4.69) is 10.4 Å². The number of ether oxygens (including phenoxy) is 2. The number of benzene rings is 1. The van der Waals surface area contributed by atoms with Gasteiger partial charge in [-0.05, 0) is 12.8 Å². The number of carbonyl (C=O) groups is 1. The van der Waals surface area contributed by atoms with Crippen LogP contribution >= 0.6 is 0 Å². The van der Waals surface area contributed by atoms with Crippen molar-refractivity contribution in [2.24, 2.45) is 7.05 Å². The van der Waals surface area contributed by atoms with E-state index in [0.29, 0.717) is 34.6 Å². The summed E-state index contributed by atoms with van der Waals surface area (Å²) in [7, 11) is 4.03. The monoisotopic (exact) mass is 429 g/mol. The summed E-state index contributed by atoms with van der Waals surface area (Å²) in [5.41, 5.74) is -0.345. The standard InChI is InChI=1S/C18H22F3N5O4/c1-24-15(18(19,20)21)23-26(17(24)28)12-4-6-25(7-5-12)16(27)22-11-8-13(29-2)10-14(9-11)30-3/h8-10,12H,4-7H2,1-3H3,(H,22,27). The Bertz CT molecular complexity index is 955. The molecule has 30 heavy (non-hydrogen) atoms. The molecule has 0 spiro atoms. The summed E-state index contributed by atoms with van der Waals surface area (Å²) < 4.78 is 50.6. The molecule has 1 aromatic carbocycles. The van der Waals surface area contributed by atoms with Crippen LogP contribution in [0.25, 0.3) is 0 Å². The first kappa shape index (κ1) is 21.5. The number of nitrogens with zero attached hydrogens (tertiary/aromatic N) is 4. The molecule has 164 valence electrons. The normalized spacial score (nSPS) is 15.2. The number of anilines is 1. The lowest BCUT2D eigenvalue weighted by molar-refractivity contribution is -0.147. The van der Waals surface area contributed by atoms with Crippen LogP contribution < -0.4 is 20.5 Å². The molecule has 12 heteroatoms. The van der Waals surface area contributed by atoms with Gasteiger partial charge in [0.2, 0.25) is 5.82 Å². The molecule has 1 aromatic heterocycles. The number of rotatable bonds is 4. The van der Waals surface area contributed by atoms with E-state index in [1.54, 1.807) is 18.2 Å². The molecule has 1 fully saturated rings. The second-order valence-corrected chi connectivity index (χ2v) is 6.86. The summed E-state index contributed by atoms with van der Waals surface area (Å²) >= 11 is 0. The number of nitrogens with one attached hydrogen (secondary N) is 1. The van der Waals surface area contributed by atoms with E-state index in [1.807, 2.05) is 0 Å². The Hall–Kier alpha value is -3.18. The Morgan fingerprint density at radius 2 is 1.70 bits per heavy atom. The minimum absolute atomic E-state index is 0.266. The number of carbonyl (C=O) groups excluding carboxylic acids is 1. The molecule has 1 aliphatic heterocycles. The molecule has 9 nitrogen and oxygen atoms in total. The van der Waals surface area contributed by atoms with Crippen molar-refractivity contribution in [2.45, 2.75) is 25.1 Å². The van der Waals surface area contributed by atoms with Gasteiger partial charge in [0, 0.05) is 44.0 Å². The number of amides is 2. The molecule has 0 atom stereocenters. The van der Waals surface area contributed by atoms with Crippen molar-refractivity contribution < 1.29 is 27.4 Å². The number of hydrogen-bond donors (Lipinski definition) is 1. The van der Waals surface area contributed by atoms with Crippen molar-refractivity contribution in [3.8, 4) is 11.5 Å². The van der Waals surface area contributed by atoms with E-state index in [1.165, 1.54) is 19.1 Å². The van der Waals surface area contributed by atoms with Crippen LogP contribution in [0, 0.1) is 0 Å². The van der Waals surface area contributed by atoms with Gasteiger partial charge in [0.25, 0.3) is 0 Å². The number of halogens is 3. The summed E-state index contributed by atoms with van der Waals surface area (Å²) in [5.74, 6) is -0.212. The first-order valence-electron chi connectivity index (χ1n) is 9.15. The first-order chi connectivity index (χ1) is 14.1. The van der Waals surface area contributed by atoms with Gasteiger partial charge in [-0.15, -0.1) is 5.10 Å². The highest BCUT2D eigenvalue weighted by molar-refractivity contribution is 5.89. The summed E-state index contributed by atoms with van der Waals surface area (Å²) in [6, 6.07) is 4.06. The number of urea groups is 1. The molecular formula is C18H22F3N5O4. The maximum absolute atomic E-state index is 13.0. The van der Waals surface area contributed by atoms with Crippen LogP contribution in [0.15, 0.2) is 23.0 Å². The Balaban J connectivity index is 1.66. The fourth-order valence-corrected chi connectivity index (χ4v) is 3.34. The molecule has 1 saturated heterocycles. The van der Waals surface area contributed by atoms with E-state index in [4.69, 9.17) is 9.47 Å². The van der Waals surface area contributed by atoms with Gasteiger partial charge in [-0.1, -0.05) is 0 Å². The topological polar surface area (TPSA) is 90.6 Å². The molecule has 0 unspecified atom stereocenters. The molecule has 2 amide bonds. The van der Waals surface area contributed by atoms with Gasteiger partial charge in [-0.2, -0.15) is 13.2 Å². The van der Waals surface area contributed by atoms with Crippen molar-refractivity contribution in [2.75, 3.05) is 32.6 Å². The van der Waals surface area contributed by atoms with Crippen LogP contribution in [0.1, 0.15) is 24.7 Å². The molecule has 0 aliphatic carbocycles. The number of methoxy groups -OCH3 is 2. The predicted octanol–water partition coefficient (Wildman–Crippen LogP) is 2.49. The van der Waals surface area contributed by atoms with Crippen LogP contribution in [-0.4, -0.2) is 52.6 Å². The lowest BCUT2D eigenvalue weighted by Gasteiger charge is -2.31. The average molecular weight is 429 g/mol. The Labute approximate surface area is 170 Å². The van der Waals surface area contributed by atoms with Crippen LogP contribution in [-0.2, 0) is 13.2 Å². The largest absolute Gasteiger partial charge is 0.497 e. The van der Waals surface area contributed by atoms with Crippen molar-refractivity contribution >= 4 is 11.7 Å². The molecular weight excluding hydrogens is 407 g/mol. The molecule has 0 saturated carbocycles. The van der Waals surface area contributed by atoms with Crippen molar-refractivity contribution in [1.29, 1.82) is 0 Å². The van der Waals surface area contributed by atoms with Gasteiger partial charge in [-0.3, -0.25) is 4.57 Å². The first-order valence-corrected chi connectivity index (χ1v) is 9.15. The highest BCUT2D eigenvalue weighted by Gasteiger charge is 2.39. The summed E-state index contributed by atoms with van der Waals surface area (Å²) in [6.07, 6.45) is -4.09. The molecule has 0 bridgehead atoms. The van der Waals surface area contributed by atoms with Crippen LogP contribution in [0.4, 0.5) is 23.7 Å². The fraction of sp³-hybridized carbons (Fsp3) is 0.500. The quantitative estimate of drug-likeness (QED) is 0.807. The zero-order chi connectivity index (χ0) is 22.1. The third kappa shape index (κ3) is 4.36. The molecule has 1 N–H and O–H groups in total. The Morgan fingerprint density at radius 1 is 1.13 bits per heavy atom. The van der Waals surface area contributed by atoms with E-state index in [-0.39, 0.29) is 19.1 Å². The van der Waals surface area contributed by atoms with Crippen molar-refractivity contribution in [3.63, 3.8) is 0 Å². The lowest BCUT2D eigenvalue weighted by atomic mass is 10.1. The van der Waals surface area contributed by atoms with E-state index in [9.17, 15) is 22.8 Å². The van der Waals surface area contributed by atoms with E-state index >= 15 is 0 Å². The highest BCUT2D eigenvalue weighted by Crippen LogP contribution is 2.29. The molecule has 0 radical (unpaired) electrons. The second kappa shape index (κ2) is 8.28. The number of alkyl halides is 3. The summed E-state index contributed by atoms with van der Waals surface area (Å²) in [6.45, 7) is 0.532. The lowest BCUT2D eigenvalue weighted by Crippen LogP contribution is -2.43. The van der Waals surface area contributed by atoms with E-state index in [0.717, 1.165) is 11.7 Å². The summed E-state index contributed by atoms with van der Waals surface area (Å²) in [5, 5.41) is 6.23. The average Bonchev–Trinajstić information content (AvgIpc) is 3.02. The SMILES string of the molecule is COc1cc(NC(=O)N2CCC(n3nc(C(F)(F)F)n(C)c3=O)CC2)cc(OC)c1. The van der Waals surface area contributed by atoms with Gasteiger partial charge in [-0.25, -0.2) is 14.3 Å². The minimum atomic E-state index is -4.71. The van der Waals surface area contributed by atoms with Crippen LogP contribution in [0.3, 0.4) is 0 Å². The van der Waals surface area contributed by atoms with E-state index < -0.39 is 23.7 Å². The number of hydrogen-bond acceptors (Lipinski definition) is 5. The summed E-state index contributed by atoms with van der Waals surface area (Å²) in [4.78, 5) is 26.3. The van der Waals surface area contributed by atoms with Crippen molar-refractivity contribution in [3.05, 3.63) is 34.5 Å². The maximum Gasteiger partial charge on any atom is 0.451 e. The Kier molecular flexibility index (Phi) is 5.94. The zero-order valence-corrected chi connectivity index (χ0v) is 16.7. The molecule has 3 rings (SSSR count). The second-order valence-electron chi connectivity index (χ2n) is 6.86. The van der Waals surface area contributed by atoms with Gasteiger partial charge in [0.1, 0.15) is 11.5 Å². The van der Waals surface area contributed by atoms with Gasteiger partial charge < -0.3 is 19.7 Å². The van der Waals surface area contributed by atoms with Crippen molar-refractivity contribution in [1.82, 2.24) is 19.2 Å². The van der Waals surface area contributed by atoms with Gasteiger partial charge in [0.05, 0.1) is 20.3 Å². The Morgan fingerprint density at radius 3 is 2.17 bits per heavy atom. The zero-order valence-electron chi connectivity index (χ0n) is 16.7. The third-order valence-corrected chi connectivity index (χ3v) is 4.96. The van der Waals surface area contributed by atoms with Crippen LogP contribution in [0.2, 0.25) is 0 Å².